The Morgan fingerprint density at radius 3 is 2.90 bits per heavy atom. The minimum Gasteiger partial charge on any atom is -0.382 e. The monoisotopic (exact) mass is 345 g/mol. The number of hydrazone groups is 1. The van der Waals surface area contributed by atoms with Crippen LogP contribution in [0.2, 0.25) is 0 Å². The zero-order valence-corrected chi connectivity index (χ0v) is 12.7. The van der Waals surface area contributed by atoms with E-state index in [-0.39, 0.29) is 11.5 Å². The van der Waals surface area contributed by atoms with Crippen LogP contribution in [0.4, 0.5) is 5.69 Å². The summed E-state index contributed by atoms with van der Waals surface area (Å²) in [5.41, 5.74) is 10.1. The Kier molecular flexibility index (Phi) is 4.35. The molecule has 7 nitrogen and oxygen atoms in total. The van der Waals surface area contributed by atoms with Crippen molar-refractivity contribution in [3.05, 3.63) is 34.9 Å². The van der Waals surface area contributed by atoms with Gasteiger partial charge in [0, 0.05) is 18.8 Å². The second-order valence-electron chi connectivity index (χ2n) is 4.18. The van der Waals surface area contributed by atoms with Crippen molar-refractivity contribution >= 4 is 33.2 Å². The molecule has 0 bridgehead atoms. The topological polar surface area (TPSA) is 116 Å². The highest BCUT2D eigenvalue weighted by Gasteiger charge is 2.08. The van der Waals surface area contributed by atoms with Crippen molar-refractivity contribution in [3.63, 3.8) is 0 Å². The number of nitrogens with two attached hydrogens (primary N) is 1. The Hall–Kier alpha value is -2.66. The van der Waals surface area contributed by atoms with Crippen LogP contribution in [0.5, 0.6) is 0 Å². The number of nitriles is 1. The molecule has 0 aliphatic carbocycles. The summed E-state index contributed by atoms with van der Waals surface area (Å²) in [5, 5.41) is 24.1. The van der Waals surface area contributed by atoms with Crippen molar-refractivity contribution in [1.82, 2.24) is 9.78 Å². The van der Waals surface area contributed by atoms with Crippen molar-refractivity contribution in [2.45, 2.75) is 0 Å². The highest BCUT2D eigenvalue weighted by molar-refractivity contribution is 9.10. The maximum absolute atomic E-state index is 8.79. The molecule has 2 rings (SSSR count). The summed E-state index contributed by atoms with van der Waals surface area (Å²) in [5.74, 6) is -0.381. The second-order valence-corrected chi connectivity index (χ2v) is 5.03. The number of aryl methyl sites for hydroxylation is 1. The molecule has 0 spiro atoms. The third-order valence-electron chi connectivity index (χ3n) is 2.58. The number of benzene rings is 1. The van der Waals surface area contributed by atoms with E-state index in [9.17, 15) is 0 Å². The van der Waals surface area contributed by atoms with E-state index < -0.39 is 0 Å². The first-order valence-electron chi connectivity index (χ1n) is 5.89. The van der Waals surface area contributed by atoms with E-state index in [0.717, 1.165) is 15.7 Å². The highest BCUT2D eigenvalue weighted by Crippen LogP contribution is 2.28. The van der Waals surface area contributed by atoms with Crippen molar-refractivity contribution in [2.24, 2.45) is 17.9 Å². The standard InChI is InChI=1S/C13H12BrN7/c1-21-7-10(14)12(20-21)8-3-2-4-9(5-8)18-19-11(6-15)13(16)17/h2-5,7,18H,1H3,(H3,16,17)/b19-11+. The molecule has 0 atom stereocenters. The van der Waals surface area contributed by atoms with Crippen LogP contribution < -0.4 is 11.2 Å². The smallest absolute Gasteiger partial charge is 0.201 e. The van der Waals surface area contributed by atoms with Gasteiger partial charge in [0.25, 0.3) is 0 Å². The van der Waals surface area contributed by atoms with Gasteiger partial charge in [0.05, 0.1) is 10.2 Å². The Morgan fingerprint density at radius 1 is 1.57 bits per heavy atom. The predicted molar refractivity (Wildman–Crippen MR) is 84.9 cm³/mol. The van der Waals surface area contributed by atoms with Crippen LogP contribution in [0.1, 0.15) is 0 Å². The zero-order valence-electron chi connectivity index (χ0n) is 11.1. The minimum atomic E-state index is -0.381. The Labute approximate surface area is 129 Å². The molecule has 1 aromatic carbocycles. The lowest BCUT2D eigenvalue weighted by Crippen LogP contribution is -2.21. The van der Waals surface area contributed by atoms with Gasteiger partial charge in [-0.05, 0) is 28.1 Å². The average Bonchev–Trinajstić information content (AvgIpc) is 2.78. The van der Waals surface area contributed by atoms with Gasteiger partial charge in [-0.3, -0.25) is 15.5 Å². The molecule has 0 aliphatic heterocycles. The zero-order chi connectivity index (χ0) is 15.4. The van der Waals surface area contributed by atoms with Gasteiger partial charge in [0.15, 0.2) is 5.84 Å². The molecule has 0 fully saturated rings. The van der Waals surface area contributed by atoms with Crippen LogP contribution in [0, 0.1) is 16.7 Å². The van der Waals surface area contributed by atoms with E-state index in [0.29, 0.717) is 5.69 Å². The highest BCUT2D eigenvalue weighted by atomic mass is 79.9. The first kappa shape index (κ1) is 14.7. The molecule has 0 radical (unpaired) electrons. The fourth-order valence-electron chi connectivity index (χ4n) is 1.66. The third kappa shape index (κ3) is 3.46. The number of aromatic nitrogens is 2. The lowest BCUT2D eigenvalue weighted by atomic mass is 10.1. The van der Waals surface area contributed by atoms with E-state index in [2.05, 4.69) is 31.6 Å². The van der Waals surface area contributed by atoms with Gasteiger partial charge in [0.1, 0.15) is 11.8 Å². The normalized spacial score (nSPS) is 11.0. The van der Waals surface area contributed by atoms with E-state index in [1.807, 2.05) is 31.4 Å². The summed E-state index contributed by atoms with van der Waals surface area (Å²) < 4.78 is 2.59. The van der Waals surface area contributed by atoms with E-state index in [1.165, 1.54) is 0 Å². The van der Waals surface area contributed by atoms with Gasteiger partial charge < -0.3 is 5.73 Å². The first-order chi connectivity index (χ1) is 10.0. The Bertz CT molecular complexity index is 754. The van der Waals surface area contributed by atoms with Crippen LogP contribution in [-0.2, 0) is 7.05 Å². The van der Waals surface area contributed by atoms with Gasteiger partial charge in [-0.25, -0.2) is 0 Å². The molecule has 8 heteroatoms. The van der Waals surface area contributed by atoms with Crippen LogP contribution in [0.15, 0.2) is 40.0 Å². The number of halogens is 1. The number of nitrogens with one attached hydrogen (secondary N) is 2. The van der Waals surface area contributed by atoms with Crippen molar-refractivity contribution in [2.75, 3.05) is 5.43 Å². The Morgan fingerprint density at radius 2 is 2.33 bits per heavy atom. The fraction of sp³-hybridized carbons (Fsp3) is 0.0769. The molecule has 4 N–H and O–H groups in total. The number of nitrogens with zero attached hydrogens (tertiary/aromatic N) is 4. The van der Waals surface area contributed by atoms with E-state index >= 15 is 0 Å². The molecule has 0 unspecified atom stereocenters. The van der Waals surface area contributed by atoms with Crippen molar-refractivity contribution < 1.29 is 0 Å². The number of anilines is 1. The summed E-state index contributed by atoms with van der Waals surface area (Å²) in [6.07, 6.45) is 1.86. The summed E-state index contributed by atoms with van der Waals surface area (Å²) in [6, 6.07) is 9.13. The van der Waals surface area contributed by atoms with Crippen LogP contribution in [0.25, 0.3) is 11.3 Å². The molecule has 1 heterocycles. The summed E-state index contributed by atoms with van der Waals surface area (Å²) in [6.45, 7) is 0. The third-order valence-corrected chi connectivity index (χ3v) is 3.16. The molecule has 0 aliphatic rings. The van der Waals surface area contributed by atoms with Crippen molar-refractivity contribution in [3.8, 4) is 17.3 Å². The number of rotatable bonds is 4. The summed E-state index contributed by atoms with van der Waals surface area (Å²) in [4.78, 5) is 0. The van der Waals surface area contributed by atoms with Gasteiger partial charge in [-0.2, -0.15) is 15.5 Å². The lowest BCUT2D eigenvalue weighted by Gasteiger charge is -2.04. The fourth-order valence-corrected chi connectivity index (χ4v) is 2.26. The number of hydrogen-bond donors (Lipinski definition) is 3. The van der Waals surface area contributed by atoms with Gasteiger partial charge in [-0.15, -0.1) is 0 Å². The predicted octanol–water partition coefficient (Wildman–Crippen LogP) is 2.08. The first-order valence-corrected chi connectivity index (χ1v) is 6.68. The molecule has 0 saturated heterocycles. The van der Waals surface area contributed by atoms with Crippen molar-refractivity contribution in [1.29, 1.82) is 10.7 Å². The molecule has 1 aromatic heterocycles. The molecule has 106 valence electrons. The van der Waals surface area contributed by atoms with E-state index in [4.69, 9.17) is 16.4 Å². The maximum Gasteiger partial charge on any atom is 0.201 e. The maximum atomic E-state index is 8.79. The molecular weight excluding hydrogens is 334 g/mol. The molecule has 0 saturated carbocycles. The van der Waals surface area contributed by atoms with Crippen LogP contribution in [0.3, 0.4) is 0 Å². The molecule has 21 heavy (non-hydrogen) atoms. The van der Waals surface area contributed by atoms with Gasteiger partial charge in [-0.1, -0.05) is 12.1 Å². The lowest BCUT2D eigenvalue weighted by molar-refractivity contribution is 0.770. The van der Waals surface area contributed by atoms with Crippen LogP contribution in [-0.4, -0.2) is 21.3 Å². The minimum absolute atomic E-state index is 0.167. The summed E-state index contributed by atoms with van der Waals surface area (Å²) in [7, 11) is 1.84. The van der Waals surface area contributed by atoms with E-state index in [1.54, 1.807) is 16.8 Å². The molecular formula is C13H12BrN7. The molecule has 2 aromatic rings. The SMILES string of the molecule is Cn1cc(Br)c(-c2cccc(N/N=C(\C#N)C(=N)N)c2)n1. The average molecular weight is 346 g/mol. The van der Waals surface area contributed by atoms with Crippen LogP contribution >= 0.6 is 15.9 Å². The second kappa shape index (κ2) is 6.19. The quantitative estimate of drug-likeness (QED) is 0.446. The number of amidine groups is 1. The van der Waals surface area contributed by atoms with Gasteiger partial charge in [0.2, 0.25) is 5.71 Å². The Balaban J connectivity index is 2.29. The largest absolute Gasteiger partial charge is 0.382 e. The van der Waals surface area contributed by atoms with Gasteiger partial charge >= 0.3 is 0 Å². The summed E-state index contributed by atoms with van der Waals surface area (Å²) >= 11 is 3.45. The number of hydrogen-bond acceptors (Lipinski definition) is 5. The molecule has 0 amide bonds.